The van der Waals surface area contributed by atoms with Crippen LogP contribution < -0.4 is 10.6 Å². The van der Waals surface area contributed by atoms with Crippen LogP contribution in [0.25, 0.3) is 0 Å². The molecule has 1 aliphatic rings. The topological polar surface area (TPSA) is 39.7 Å². The van der Waals surface area contributed by atoms with Crippen LogP contribution >= 0.6 is 24.0 Å². The smallest absolute Gasteiger partial charge is 0.191 e. The first kappa shape index (κ1) is 21.7. The molecule has 4 nitrogen and oxygen atoms in total. The summed E-state index contributed by atoms with van der Waals surface area (Å²) in [7, 11) is 0. The highest BCUT2D eigenvalue weighted by atomic mass is 127. The molecule has 2 N–H and O–H groups in total. The number of likely N-dealkylation sites (tertiary alicyclic amines) is 1. The predicted octanol–water partition coefficient (Wildman–Crippen LogP) is 3.25. The van der Waals surface area contributed by atoms with E-state index in [1.54, 1.807) is 0 Å². The Hall–Kier alpha value is -0.300. The third-order valence-corrected chi connectivity index (χ3v) is 4.32. The van der Waals surface area contributed by atoms with Gasteiger partial charge in [-0.05, 0) is 25.7 Å². The molecule has 0 bridgehead atoms. The molecule has 0 radical (unpaired) electrons. The normalized spacial score (nSPS) is 17.2. The van der Waals surface area contributed by atoms with Crippen LogP contribution in [0.5, 0.6) is 0 Å². The second kappa shape index (κ2) is 13.2. The molecular formula is C17H35IN4. The first-order valence-electron chi connectivity index (χ1n) is 8.61. The van der Waals surface area contributed by atoms with Gasteiger partial charge in [0.25, 0.3) is 0 Å². The van der Waals surface area contributed by atoms with Crippen LogP contribution in [0.2, 0.25) is 0 Å². The Morgan fingerprint density at radius 1 is 1.27 bits per heavy atom. The summed E-state index contributed by atoms with van der Waals surface area (Å²) in [5.41, 5.74) is 0. The van der Waals surface area contributed by atoms with Crippen molar-refractivity contribution < 1.29 is 0 Å². The maximum atomic E-state index is 4.77. The van der Waals surface area contributed by atoms with Gasteiger partial charge < -0.3 is 10.6 Å². The number of aliphatic imine (C=N–C) groups is 1. The predicted molar refractivity (Wildman–Crippen MR) is 108 cm³/mol. The van der Waals surface area contributed by atoms with Crippen LogP contribution in [-0.4, -0.2) is 49.6 Å². The van der Waals surface area contributed by atoms with Crippen molar-refractivity contribution in [2.45, 2.75) is 52.5 Å². The van der Waals surface area contributed by atoms with Crippen LogP contribution in [0.15, 0.2) is 17.6 Å². The average molecular weight is 422 g/mol. The first-order valence-corrected chi connectivity index (χ1v) is 8.61. The minimum absolute atomic E-state index is 0. The number of halogens is 1. The van der Waals surface area contributed by atoms with Gasteiger partial charge in [-0.3, -0.25) is 9.89 Å². The molecular weight excluding hydrogens is 387 g/mol. The quantitative estimate of drug-likeness (QED) is 0.273. The standard InChI is InChI=1S/C17H34N4.HI/c1-5-11-21-12-9-16(10-13-21)20-17(18-8-4)19-14-15(6-2)7-3;/h5,15-16H,1,6-14H2,2-4H3,(H2,18,19,20);1H. The summed E-state index contributed by atoms with van der Waals surface area (Å²) in [6, 6.07) is 0.547. The van der Waals surface area contributed by atoms with Gasteiger partial charge in [0.15, 0.2) is 5.96 Å². The van der Waals surface area contributed by atoms with Crippen molar-refractivity contribution in [3.05, 3.63) is 12.7 Å². The molecule has 130 valence electrons. The summed E-state index contributed by atoms with van der Waals surface area (Å²) in [4.78, 5) is 7.23. The molecule has 0 aliphatic carbocycles. The monoisotopic (exact) mass is 422 g/mol. The number of guanidine groups is 1. The minimum Gasteiger partial charge on any atom is -0.357 e. The Labute approximate surface area is 154 Å². The maximum Gasteiger partial charge on any atom is 0.191 e. The Morgan fingerprint density at radius 2 is 1.91 bits per heavy atom. The van der Waals surface area contributed by atoms with Crippen LogP contribution in [0.3, 0.4) is 0 Å². The number of hydrogen-bond donors (Lipinski definition) is 2. The van der Waals surface area contributed by atoms with E-state index in [1.165, 1.54) is 25.7 Å². The first-order chi connectivity index (χ1) is 10.2. The average Bonchev–Trinajstić information content (AvgIpc) is 2.50. The Balaban J connectivity index is 0.00000441. The van der Waals surface area contributed by atoms with E-state index >= 15 is 0 Å². The molecule has 0 aromatic rings. The zero-order chi connectivity index (χ0) is 15.5. The highest BCUT2D eigenvalue weighted by Crippen LogP contribution is 2.10. The summed E-state index contributed by atoms with van der Waals surface area (Å²) in [5, 5.41) is 6.99. The molecule has 22 heavy (non-hydrogen) atoms. The molecule has 0 saturated carbocycles. The zero-order valence-electron chi connectivity index (χ0n) is 14.6. The van der Waals surface area contributed by atoms with E-state index in [-0.39, 0.29) is 24.0 Å². The number of hydrogen-bond acceptors (Lipinski definition) is 2. The number of nitrogens with zero attached hydrogens (tertiary/aromatic N) is 2. The van der Waals surface area contributed by atoms with E-state index in [1.807, 2.05) is 6.08 Å². The molecule has 0 atom stereocenters. The molecule has 1 heterocycles. The molecule has 0 aromatic heterocycles. The molecule has 1 saturated heterocycles. The van der Waals surface area contributed by atoms with Crippen molar-refractivity contribution in [3.63, 3.8) is 0 Å². The number of piperidine rings is 1. The fourth-order valence-corrected chi connectivity index (χ4v) is 2.72. The van der Waals surface area contributed by atoms with Gasteiger partial charge in [-0.25, -0.2) is 0 Å². The highest BCUT2D eigenvalue weighted by molar-refractivity contribution is 14.0. The van der Waals surface area contributed by atoms with Gasteiger partial charge in [0, 0.05) is 38.8 Å². The van der Waals surface area contributed by atoms with Gasteiger partial charge in [-0.1, -0.05) is 32.8 Å². The van der Waals surface area contributed by atoms with Crippen LogP contribution in [0.1, 0.15) is 46.5 Å². The van der Waals surface area contributed by atoms with Crippen molar-refractivity contribution in [1.82, 2.24) is 15.5 Å². The second-order valence-corrected chi connectivity index (χ2v) is 5.91. The van der Waals surface area contributed by atoms with Crippen molar-refractivity contribution in [2.24, 2.45) is 10.9 Å². The Kier molecular flexibility index (Phi) is 13.0. The van der Waals surface area contributed by atoms with Crippen LogP contribution in [0.4, 0.5) is 0 Å². The third kappa shape index (κ3) is 8.36. The summed E-state index contributed by atoms with van der Waals surface area (Å²) < 4.78 is 0. The van der Waals surface area contributed by atoms with E-state index in [0.717, 1.165) is 38.7 Å². The van der Waals surface area contributed by atoms with Crippen molar-refractivity contribution in [3.8, 4) is 0 Å². The molecule has 0 spiro atoms. The van der Waals surface area contributed by atoms with E-state index < -0.39 is 0 Å². The van der Waals surface area contributed by atoms with E-state index in [2.05, 4.69) is 42.9 Å². The Bertz CT molecular complexity index is 308. The molecule has 1 fully saturated rings. The molecule has 5 heteroatoms. The fraction of sp³-hybridized carbons (Fsp3) is 0.824. The number of rotatable bonds is 8. The summed E-state index contributed by atoms with van der Waals surface area (Å²) in [6.07, 6.45) is 6.78. The van der Waals surface area contributed by atoms with Crippen molar-refractivity contribution in [2.75, 3.05) is 32.7 Å². The lowest BCUT2D eigenvalue weighted by Crippen LogP contribution is -2.48. The minimum atomic E-state index is 0. The molecule has 1 aliphatic heterocycles. The van der Waals surface area contributed by atoms with Gasteiger partial charge in [-0.15, -0.1) is 30.6 Å². The van der Waals surface area contributed by atoms with Gasteiger partial charge in [-0.2, -0.15) is 0 Å². The second-order valence-electron chi connectivity index (χ2n) is 5.91. The number of nitrogens with one attached hydrogen (secondary N) is 2. The molecule has 0 amide bonds. The van der Waals surface area contributed by atoms with Gasteiger partial charge >= 0.3 is 0 Å². The summed E-state index contributed by atoms with van der Waals surface area (Å²) >= 11 is 0. The van der Waals surface area contributed by atoms with Gasteiger partial charge in [0.1, 0.15) is 0 Å². The zero-order valence-corrected chi connectivity index (χ0v) is 16.9. The van der Waals surface area contributed by atoms with Crippen molar-refractivity contribution >= 4 is 29.9 Å². The largest absolute Gasteiger partial charge is 0.357 e. The van der Waals surface area contributed by atoms with E-state index in [9.17, 15) is 0 Å². The molecule has 0 aromatic carbocycles. The maximum absolute atomic E-state index is 4.77. The molecule has 1 rings (SSSR count). The highest BCUT2D eigenvalue weighted by Gasteiger charge is 2.19. The fourth-order valence-electron chi connectivity index (χ4n) is 2.72. The lowest BCUT2D eigenvalue weighted by molar-refractivity contribution is 0.225. The molecule has 0 unspecified atom stereocenters. The summed E-state index contributed by atoms with van der Waals surface area (Å²) in [5.74, 6) is 1.70. The summed E-state index contributed by atoms with van der Waals surface area (Å²) in [6.45, 7) is 15.6. The van der Waals surface area contributed by atoms with Crippen molar-refractivity contribution in [1.29, 1.82) is 0 Å². The van der Waals surface area contributed by atoms with Gasteiger partial charge in [0.2, 0.25) is 0 Å². The third-order valence-electron chi connectivity index (χ3n) is 4.32. The van der Waals surface area contributed by atoms with Gasteiger partial charge in [0.05, 0.1) is 0 Å². The van der Waals surface area contributed by atoms with Crippen LogP contribution in [-0.2, 0) is 0 Å². The van der Waals surface area contributed by atoms with Crippen LogP contribution in [0, 0.1) is 5.92 Å². The lowest BCUT2D eigenvalue weighted by Gasteiger charge is -2.32. The van der Waals surface area contributed by atoms with E-state index in [0.29, 0.717) is 12.0 Å². The Morgan fingerprint density at radius 3 is 2.41 bits per heavy atom. The SMILES string of the molecule is C=CCN1CCC(NC(=NCC(CC)CC)NCC)CC1.I. The lowest BCUT2D eigenvalue weighted by atomic mass is 10.0. The van der Waals surface area contributed by atoms with E-state index in [4.69, 9.17) is 4.99 Å².